The van der Waals surface area contributed by atoms with Gasteiger partial charge in [-0.05, 0) is 36.3 Å². The summed E-state index contributed by atoms with van der Waals surface area (Å²) in [7, 11) is -3.67. The highest BCUT2D eigenvalue weighted by atomic mass is 32.2. The molecule has 1 aromatic heterocycles. The maximum absolute atomic E-state index is 11.4. The fourth-order valence-corrected chi connectivity index (χ4v) is 3.75. The minimum absolute atomic E-state index is 0.192. The molecule has 0 aromatic carbocycles. The molecule has 92 valence electrons. The second kappa shape index (κ2) is 5.27. The van der Waals surface area contributed by atoms with E-state index in [0.717, 1.165) is 24.2 Å². The number of thiophene rings is 1. The van der Waals surface area contributed by atoms with Gasteiger partial charge in [-0.1, -0.05) is 13.3 Å². The third-order valence-corrected chi connectivity index (χ3v) is 4.96. The average molecular weight is 263 g/mol. The van der Waals surface area contributed by atoms with E-state index < -0.39 is 16.1 Å². The van der Waals surface area contributed by atoms with E-state index in [-0.39, 0.29) is 4.21 Å². The fraction of sp³-hybridized carbons (Fsp3) is 0.600. The molecule has 0 saturated carbocycles. The first-order valence-corrected chi connectivity index (χ1v) is 7.61. The number of unbranched alkanes of at least 4 members (excludes halogenated alkanes) is 1. The van der Waals surface area contributed by atoms with Crippen LogP contribution in [0.1, 0.15) is 43.9 Å². The zero-order chi connectivity index (χ0) is 12.3. The molecule has 0 saturated heterocycles. The zero-order valence-electron chi connectivity index (χ0n) is 9.43. The molecule has 0 aliphatic carbocycles. The molecule has 1 rings (SSSR count). The van der Waals surface area contributed by atoms with E-state index in [1.165, 1.54) is 0 Å². The monoisotopic (exact) mass is 263 g/mol. The molecular weight excluding hydrogens is 246 g/mol. The number of aliphatic hydroxyl groups is 1. The molecule has 0 fully saturated rings. The molecule has 6 heteroatoms. The van der Waals surface area contributed by atoms with Crippen molar-refractivity contribution in [1.82, 2.24) is 0 Å². The number of aliphatic hydroxyl groups excluding tert-OH is 1. The minimum Gasteiger partial charge on any atom is -0.389 e. The second-order valence-electron chi connectivity index (χ2n) is 3.78. The van der Waals surface area contributed by atoms with Crippen molar-refractivity contribution < 1.29 is 13.5 Å². The van der Waals surface area contributed by atoms with Crippen molar-refractivity contribution in [3.8, 4) is 0 Å². The Morgan fingerprint density at radius 3 is 2.62 bits per heavy atom. The molecule has 1 heterocycles. The highest BCUT2D eigenvalue weighted by Gasteiger charge is 2.21. The van der Waals surface area contributed by atoms with E-state index in [9.17, 15) is 13.5 Å². The third kappa shape index (κ3) is 3.04. The van der Waals surface area contributed by atoms with E-state index in [1.54, 1.807) is 12.3 Å². The van der Waals surface area contributed by atoms with Crippen LogP contribution < -0.4 is 5.14 Å². The molecule has 1 unspecified atom stereocenters. The van der Waals surface area contributed by atoms with Crippen LogP contribution in [-0.2, 0) is 16.4 Å². The van der Waals surface area contributed by atoms with Crippen LogP contribution in [0.2, 0.25) is 0 Å². The van der Waals surface area contributed by atoms with E-state index in [2.05, 4.69) is 0 Å². The summed E-state index contributed by atoms with van der Waals surface area (Å²) in [5, 5.41) is 16.4. The predicted octanol–water partition coefficient (Wildman–Crippen LogP) is 1.79. The number of hydrogen-bond acceptors (Lipinski definition) is 4. The first-order chi connectivity index (χ1) is 7.38. The Bertz CT molecular complexity index is 449. The number of nitrogens with two attached hydrogens (primary N) is 1. The normalized spacial score (nSPS) is 14.0. The largest absolute Gasteiger partial charge is 0.389 e. The summed E-state index contributed by atoms with van der Waals surface area (Å²) in [6.07, 6.45) is 1.85. The molecule has 0 spiro atoms. The molecule has 4 nitrogen and oxygen atoms in total. The van der Waals surface area contributed by atoms with Crippen molar-refractivity contribution in [1.29, 1.82) is 0 Å². The smallest absolute Gasteiger partial charge is 0.247 e. The quantitative estimate of drug-likeness (QED) is 0.850. The van der Waals surface area contributed by atoms with E-state index in [1.807, 2.05) is 6.92 Å². The standard InChI is InChI=1S/C10H17NO3S2/c1-3-4-5-8-9(7(2)12)6-15-10(8)16(11,13)14/h6-7,12H,3-5H2,1-2H3,(H2,11,13,14). The minimum atomic E-state index is -3.67. The van der Waals surface area contributed by atoms with Crippen molar-refractivity contribution in [2.75, 3.05) is 0 Å². The van der Waals surface area contributed by atoms with Gasteiger partial charge in [-0.25, -0.2) is 13.6 Å². The van der Waals surface area contributed by atoms with Crippen LogP contribution >= 0.6 is 11.3 Å². The van der Waals surface area contributed by atoms with Crippen LogP contribution in [0.3, 0.4) is 0 Å². The summed E-state index contributed by atoms with van der Waals surface area (Å²) in [6.45, 7) is 3.66. The second-order valence-corrected chi connectivity index (χ2v) is 6.42. The summed E-state index contributed by atoms with van der Waals surface area (Å²) in [5.74, 6) is 0. The molecule has 0 radical (unpaired) electrons. The van der Waals surface area contributed by atoms with Gasteiger partial charge in [0, 0.05) is 0 Å². The van der Waals surface area contributed by atoms with Gasteiger partial charge in [-0.3, -0.25) is 0 Å². The SMILES string of the molecule is CCCCc1c(C(C)O)csc1S(N)(=O)=O. The van der Waals surface area contributed by atoms with E-state index >= 15 is 0 Å². The van der Waals surface area contributed by atoms with Crippen molar-refractivity contribution >= 4 is 21.4 Å². The Balaban J connectivity index is 3.20. The molecule has 0 aliphatic rings. The first kappa shape index (κ1) is 13.6. The van der Waals surface area contributed by atoms with Gasteiger partial charge in [0.15, 0.2) is 0 Å². The number of sulfonamides is 1. The summed E-state index contributed by atoms with van der Waals surface area (Å²) in [4.78, 5) is 0. The lowest BCUT2D eigenvalue weighted by molar-refractivity contribution is 0.198. The highest BCUT2D eigenvalue weighted by Crippen LogP contribution is 2.31. The number of hydrogen-bond donors (Lipinski definition) is 2. The van der Waals surface area contributed by atoms with Gasteiger partial charge < -0.3 is 5.11 Å². The van der Waals surface area contributed by atoms with Gasteiger partial charge in [0.25, 0.3) is 0 Å². The molecule has 3 N–H and O–H groups in total. The molecular formula is C10H17NO3S2. The third-order valence-electron chi connectivity index (χ3n) is 2.38. The highest BCUT2D eigenvalue weighted by molar-refractivity contribution is 7.91. The lowest BCUT2D eigenvalue weighted by Crippen LogP contribution is -2.13. The van der Waals surface area contributed by atoms with Crippen LogP contribution in [0.15, 0.2) is 9.59 Å². The maximum atomic E-state index is 11.4. The Morgan fingerprint density at radius 2 is 2.19 bits per heavy atom. The summed E-state index contributed by atoms with van der Waals surface area (Å²) in [5.41, 5.74) is 1.37. The van der Waals surface area contributed by atoms with Crippen LogP contribution in [-0.4, -0.2) is 13.5 Å². The van der Waals surface area contributed by atoms with Crippen LogP contribution in [0.5, 0.6) is 0 Å². The molecule has 1 atom stereocenters. The van der Waals surface area contributed by atoms with Crippen molar-refractivity contribution in [2.24, 2.45) is 5.14 Å². The Morgan fingerprint density at radius 1 is 1.56 bits per heavy atom. The zero-order valence-corrected chi connectivity index (χ0v) is 11.1. The lowest BCUT2D eigenvalue weighted by Gasteiger charge is -2.08. The van der Waals surface area contributed by atoms with Gasteiger partial charge in [-0.2, -0.15) is 0 Å². The molecule has 16 heavy (non-hydrogen) atoms. The van der Waals surface area contributed by atoms with Crippen molar-refractivity contribution in [3.63, 3.8) is 0 Å². The molecule has 0 amide bonds. The van der Waals surface area contributed by atoms with Crippen molar-refractivity contribution in [3.05, 3.63) is 16.5 Å². The van der Waals surface area contributed by atoms with Gasteiger partial charge in [-0.15, -0.1) is 11.3 Å². The predicted molar refractivity (Wildman–Crippen MR) is 64.9 cm³/mol. The molecule has 1 aromatic rings. The number of rotatable bonds is 5. The Hall–Kier alpha value is -0.430. The maximum Gasteiger partial charge on any atom is 0.247 e. The lowest BCUT2D eigenvalue weighted by atomic mass is 10.0. The van der Waals surface area contributed by atoms with Gasteiger partial charge in [0.2, 0.25) is 10.0 Å². The van der Waals surface area contributed by atoms with Crippen molar-refractivity contribution in [2.45, 2.75) is 43.4 Å². The molecule has 0 bridgehead atoms. The average Bonchev–Trinajstić information content (AvgIpc) is 2.57. The summed E-state index contributed by atoms with van der Waals surface area (Å²) in [6, 6.07) is 0. The fourth-order valence-electron chi connectivity index (χ4n) is 1.57. The summed E-state index contributed by atoms with van der Waals surface area (Å²) >= 11 is 1.09. The van der Waals surface area contributed by atoms with Gasteiger partial charge in [0.1, 0.15) is 4.21 Å². The molecule has 0 aliphatic heterocycles. The van der Waals surface area contributed by atoms with Gasteiger partial charge >= 0.3 is 0 Å². The number of primary sulfonamides is 1. The Labute approximate surface area is 100 Å². The van der Waals surface area contributed by atoms with Crippen LogP contribution in [0.4, 0.5) is 0 Å². The topological polar surface area (TPSA) is 80.4 Å². The van der Waals surface area contributed by atoms with Crippen LogP contribution in [0, 0.1) is 0 Å². The van der Waals surface area contributed by atoms with Gasteiger partial charge in [0.05, 0.1) is 6.10 Å². The summed E-state index contributed by atoms with van der Waals surface area (Å²) < 4.78 is 22.9. The Kier molecular flexibility index (Phi) is 4.49. The first-order valence-electron chi connectivity index (χ1n) is 5.19. The van der Waals surface area contributed by atoms with E-state index in [4.69, 9.17) is 5.14 Å². The van der Waals surface area contributed by atoms with E-state index in [0.29, 0.717) is 17.5 Å². The van der Waals surface area contributed by atoms with Crippen LogP contribution in [0.25, 0.3) is 0 Å².